The fraction of sp³-hybridized carbons (Fsp3) is 0.240. The summed E-state index contributed by atoms with van der Waals surface area (Å²) in [6, 6.07) is 12.1. The molecule has 0 aliphatic rings. The minimum absolute atomic E-state index is 0.0929. The van der Waals surface area contributed by atoms with Crippen molar-refractivity contribution >= 4 is 23.0 Å². The van der Waals surface area contributed by atoms with Gasteiger partial charge in [-0.05, 0) is 0 Å². The molecule has 3 aromatic carbocycles. The van der Waals surface area contributed by atoms with E-state index in [9.17, 15) is 19.5 Å². The molecule has 3 aromatic rings. The Morgan fingerprint density at radius 2 is 1.85 bits per heavy atom. The number of ether oxygens (including phenoxy) is 1. The number of carbonyl (C=O) groups excluding carboxylic acids is 1. The zero-order valence-electron chi connectivity index (χ0n) is 19.5. The van der Waals surface area contributed by atoms with E-state index in [1.54, 1.807) is 37.4 Å². The Morgan fingerprint density at radius 1 is 1.18 bits per heavy atom. The Kier molecular flexibility index (Phi) is 7.98. The Labute approximate surface area is 208 Å². The molecule has 180 valence electrons. The van der Waals surface area contributed by atoms with Crippen molar-refractivity contribution in [2.75, 3.05) is 29.6 Å². The molecule has 8 nitrogen and oxygen atoms in total. The molecule has 1 atom stereocenters. The van der Waals surface area contributed by atoms with Crippen LogP contribution in [-0.2, 0) is 0 Å². The Bertz CT molecular complexity index is 1260. The van der Waals surface area contributed by atoms with Crippen LogP contribution in [0.5, 0.6) is 11.5 Å². The number of aromatic hydroxyl groups is 1. The third-order valence-corrected chi connectivity index (χ3v) is 7.52. The maximum atomic E-state index is 12.7. The Balaban J connectivity index is 2.03. The molecule has 0 heterocycles. The maximum absolute atomic E-state index is 12.7. The standard InChI is InChI=1S/C25H27IN3O5/c1-6-19(15-11-13-16(34-5)14-12-15)29(26-7-2)21-20(23(31)24(21)32)27-18-10-8-9-17(22(18)30)25(33)28(3)4/h7-14,19,27,30H,2,6H2,1,3-5H3/q-1. The topological polar surface area (TPSA) is 99.2 Å². The quantitative estimate of drug-likeness (QED) is 0.158. The number of phenolic OH excluding ortho intramolecular Hbond substituents is 1. The van der Waals surface area contributed by atoms with Crippen LogP contribution < -0.4 is 45.5 Å². The first-order valence-corrected chi connectivity index (χ1v) is 12.8. The predicted octanol–water partition coefficient (Wildman–Crippen LogP) is 0.547. The van der Waals surface area contributed by atoms with Crippen molar-refractivity contribution in [3.05, 3.63) is 84.7 Å². The van der Waals surface area contributed by atoms with Crippen LogP contribution in [0.4, 0.5) is 17.1 Å². The molecule has 0 bridgehead atoms. The molecule has 0 spiro atoms. The molecule has 0 saturated heterocycles. The molecule has 0 aliphatic carbocycles. The van der Waals surface area contributed by atoms with Crippen LogP contribution >= 0.6 is 0 Å². The molecule has 0 saturated carbocycles. The van der Waals surface area contributed by atoms with Crippen molar-refractivity contribution in [1.29, 1.82) is 0 Å². The second-order valence-electron chi connectivity index (χ2n) is 7.67. The zero-order valence-corrected chi connectivity index (χ0v) is 21.6. The number of anilines is 3. The summed E-state index contributed by atoms with van der Waals surface area (Å²) < 4.78 is 8.96. The van der Waals surface area contributed by atoms with Gasteiger partial charge in [-0.2, -0.15) is 0 Å². The van der Waals surface area contributed by atoms with Crippen LogP contribution in [0.1, 0.15) is 35.3 Å². The zero-order chi connectivity index (χ0) is 25.0. The fourth-order valence-corrected chi connectivity index (χ4v) is 5.86. The first kappa shape index (κ1) is 25.3. The van der Waals surface area contributed by atoms with Crippen molar-refractivity contribution in [2.45, 2.75) is 19.4 Å². The molecule has 9 heteroatoms. The number of rotatable bonds is 10. The van der Waals surface area contributed by atoms with Gasteiger partial charge in [0.05, 0.1) is 0 Å². The molecule has 0 fully saturated rings. The van der Waals surface area contributed by atoms with E-state index in [-0.39, 0.29) is 40.3 Å². The van der Waals surface area contributed by atoms with Gasteiger partial charge in [0.1, 0.15) is 0 Å². The molecule has 1 unspecified atom stereocenters. The van der Waals surface area contributed by atoms with Gasteiger partial charge in [-0.3, -0.25) is 0 Å². The second-order valence-corrected chi connectivity index (χ2v) is 10.1. The monoisotopic (exact) mass is 576 g/mol. The molecule has 2 N–H and O–H groups in total. The first-order chi connectivity index (χ1) is 16.2. The van der Waals surface area contributed by atoms with Gasteiger partial charge in [0.25, 0.3) is 0 Å². The number of hydrogen-bond acceptors (Lipinski definition) is 7. The van der Waals surface area contributed by atoms with E-state index in [1.807, 2.05) is 34.3 Å². The van der Waals surface area contributed by atoms with E-state index in [4.69, 9.17) is 4.74 Å². The number of phenols is 1. The third-order valence-electron chi connectivity index (χ3n) is 5.37. The summed E-state index contributed by atoms with van der Waals surface area (Å²) in [7, 11) is 4.76. The molecule has 34 heavy (non-hydrogen) atoms. The molecular formula is C25H27IN3O5-. The van der Waals surface area contributed by atoms with E-state index < -0.39 is 32.3 Å². The number of benzene rings is 2. The molecular weight excluding hydrogens is 549 g/mol. The predicted molar refractivity (Wildman–Crippen MR) is 129 cm³/mol. The van der Waals surface area contributed by atoms with Gasteiger partial charge >= 0.3 is 209 Å². The van der Waals surface area contributed by atoms with Crippen LogP contribution in [-0.4, -0.2) is 37.1 Å². The van der Waals surface area contributed by atoms with Crippen molar-refractivity contribution in [3.8, 4) is 11.5 Å². The van der Waals surface area contributed by atoms with Gasteiger partial charge in [0.15, 0.2) is 0 Å². The van der Waals surface area contributed by atoms with Crippen LogP contribution in [0.15, 0.2) is 62.7 Å². The number of nitrogens with one attached hydrogen (secondary N) is 1. The third kappa shape index (κ3) is 4.79. The summed E-state index contributed by atoms with van der Waals surface area (Å²) in [6.45, 7) is 5.87. The summed E-state index contributed by atoms with van der Waals surface area (Å²) in [5.74, 6) is 0.0612. The number of para-hydroxylation sites is 1. The van der Waals surface area contributed by atoms with Gasteiger partial charge in [0, 0.05) is 0 Å². The van der Waals surface area contributed by atoms with Gasteiger partial charge < -0.3 is 0 Å². The molecule has 0 aliphatic heterocycles. The molecule has 0 radical (unpaired) electrons. The van der Waals surface area contributed by atoms with Crippen molar-refractivity contribution in [2.24, 2.45) is 0 Å². The van der Waals surface area contributed by atoms with Gasteiger partial charge in [0.2, 0.25) is 0 Å². The van der Waals surface area contributed by atoms with E-state index in [0.29, 0.717) is 6.42 Å². The minimum atomic E-state index is -0.829. The van der Waals surface area contributed by atoms with Crippen molar-refractivity contribution in [3.63, 3.8) is 0 Å². The number of halogens is 1. The summed E-state index contributed by atoms with van der Waals surface area (Å²) in [5.41, 5.74) is 0.362. The van der Waals surface area contributed by atoms with E-state index >= 15 is 0 Å². The van der Waals surface area contributed by atoms with E-state index in [0.717, 1.165) is 11.3 Å². The Hall–Kier alpha value is -3.34. The number of methoxy groups -OCH3 is 1. The molecule has 0 aromatic heterocycles. The van der Waals surface area contributed by atoms with Gasteiger partial charge in [-0.15, -0.1) is 0 Å². The van der Waals surface area contributed by atoms with Crippen LogP contribution in [0.3, 0.4) is 0 Å². The second kappa shape index (κ2) is 10.7. The SMILES string of the molecule is C=C[I-]N(c1c(Nc2cccc(C(=O)N(C)C)c2O)c(=O)c1=O)C(CC)c1ccc(OC)cc1. The van der Waals surface area contributed by atoms with Crippen molar-refractivity contribution in [1.82, 2.24) is 4.90 Å². The Morgan fingerprint density at radius 3 is 2.41 bits per heavy atom. The first-order valence-electron chi connectivity index (χ1n) is 10.6. The number of amides is 1. The van der Waals surface area contributed by atoms with Crippen LogP contribution in [0.25, 0.3) is 0 Å². The van der Waals surface area contributed by atoms with Crippen LogP contribution in [0.2, 0.25) is 0 Å². The average molecular weight is 576 g/mol. The number of hydrogen-bond donors (Lipinski definition) is 2. The summed E-state index contributed by atoms with van der Waals surface area (Å²) in [4.78, 5) is 39.0. The van der Waals surface area contributed by atoms with Crippen LogP contribution in [0, 0.1) is 0 Å². The molecule has 1 amide bonds. The summed E-state index contributed by atoms with van der Waals surface area (Å²) in [6.07, 6.45) is 0.691. The molecule has 3 rings (SSSR count). The van der Waals surface area contributed by atoms with E-state index in [1.165, 1.54) is 11.0 Å². The summed E-state index contributed by atoms with van der Waals surface area (Å²) >= 11 is -0.829. The number of nitrogens with zero attached hydrogens (tertiary/aromatic N) is 2. The van der Waals surface area contributed by atoms with Gasteiger partial charge in [-0.25, -0.2) is 0 Å². The van der Waals surface area contributed by atoms with Crippen molar-refractivity contribution < 1.29 is 36.1 Å². The van der Waals surface area contributed by atoms with E-state index in [2.05, 4.69) is 11.9 Å². The summed E-state index contributed by atoms with van der Waals surface area (Å²) in [5, 5.41) is 13.6. The number of carbonyl (C=O) groups is 1. The average Bonchev–Trinajstić information content (AvgIpc) is 2.84. The van der Waals surface area contributed by atoms with Gasteiger partial charge in [-0.1, -0.05) is 0 Å². The fourth-order valence-electron chi connectivity index (χ4n) is 3.59. The normalized spacial score (nSPS) is 11.8.